The van der Waals surface area contributed by atoms with Crippen LogP contribution in [0.4, 0.5) is 11.4 Å². The van der Waals surface area contributed by atoms with Gasteiger partial charge in [-0.3, -0.25) is 4.79 Å². The fourth-order valence-corrected chi connectivity index (χ4v) is 3.22. The Kier molecular flexibility index (Phi) is 6.31. The molecule has 1 heterocycles. The van der Waals surface area contributed by atoms with Gasteiger partial charge >= 0.3 is 0 Å². The average molecular weight is 358 g/mol. The lowest BCUT2D eigenvalue weighted by Crippen LogP contribution is -2.21. The lowest BCUT2D eigenvalue weighted by atomic mass is 10.2. The van der Waals surface area contributed by atoms with E-state index >= 15 is 0 Å². The molecule has 2 N–H and O–H groups in total. The Hall–Kier alpha value is -2.04. The first kappa shape index (κ1) is 17.8. The van der Waals surface area contributed by atoms with E-state index in [9.17, 15) is 4.79 Å². The molecule has 1 aliphatic heterocycles. The Morgan fingerprint density at radius 1 is 1.04 bits per heavy atom. The van der Waals surface area contributed by atoms with Crippen LogP contribution in [0, 0.1) is 0 Å². The molecule has 3 rings (SSSR count). The van der Waals surface area contributed by atoms with Crippen LogP contribution in [0.2, 0.25) is 5.02 Å². The van der Waals surface area contributed by atoms with E-state index in [-0.39, 0.29) is 5.91 Å². The Balaban J connectivity index is 1.39. The van der Waals surface area contributed by atoms with Gasteiger partial charge in [0.1, 0.15) is 0 Å². The summed E-state index contributed by atoms with van der Waals surface area (Å²) in [5.41, 5.74) is 3.12. The molecule has 4 nitrogen and oxygen atoms in total. The molecule has 0 atom stereocenters. The number of rotatable bonds is 7. The van der Waals surface area contributed by atoms with Crippen molar-refractivity contribution >= 4 is 28.9 Å². The highest BCUT2D eigenvalue weighted by Gasteiger charge is 2.12. The van der Waals surface area contributed by atoms with E-state index in [1.165, 1.54) is 18.5 Å². The molecule has 0 saturated carbocycles. The van der Waals surface area contributed by atoms with Gasteiger partial charge in [0.15, 0.2) is 0 Å². The number of halogens is 1. The van der Waals surface area contributed by atoms with E-state index in [0.29, 0.717) is 19.5 Å². The maximum Gasteiger partial charge on any atom is 0.225 e. The molecule has 0 aromatic heterocycles. The second-order valence-electron chi connectivity index (χ2n) is 6.31. The summed E-state index contributed by atoms with van der Waals surface area (Å²) in [6, 6.07) is 15.8. The van der Waals surface area contributed by atoms with Crippen LogP contribution in [0.5, 0.6) is 0 Å². The summed E-state index contributed by atoms with van der Waals surface area (Å²) in [6.07, 6.45) is 2.96. The number of nitrogens with zero attached hydrogens (tertiary/aromatic N) is 1. The first-order valence-corrected chi connectivity index (χ1v) is 9.19. The fraction of sp³-hybridized carbons (Fsp3) is 0.350. The predicted octanol–water partition coefficient (Wildman–Crippen LogP) is 4.06. The van der Waals surface area contributed by atoms with E-state index < -0.39 is 0 Å². The van der Waals surface area contributed by atoms with Crippen molar-refractivity contribution in [2.75, 3.05) is 29.9 Å². The molecular formula is C20H24ClN3O. The van der Waals surface area contributed by atoms with Crippen molar-refractivity contribution < 1.29 is 4.79 Å². The molecule has 0 unspecified atom stereocenters. The molecule has 2 aromatic carbocycles. The first-order valence-electron chi connectivity index (χ1n) is 8.81. The Bertz CT molecular complexity index is 696. The van der Waals surface area contributed by atoms with Crippen LogP contribution in [-0.2, 0) is 11.3 Å². The molecule has 2 aromatic rings. The van der Waals surface area contributed by atoms with Gasteiger partial charge in [-0.2, -0.15) is 0 Å². The van der Waals surface area contributed by atoms with Gasteiger partial charge in [-0.05, 0) is 48.7 Å². The SMILES string of the molecule is O=C(CCNCc1ccccc1Cl)Nc1ccc(N2CCCC2)cc1. The smallest absolute Gasteiger partial charge is 0.225 e. The third-order valence-corrected chi connectivity index (χ3v) is 4.79. The van der Waals surface area contributed by atoms with Gasteiger partial charge in [-0.25, -0.2) is 0 Å². The molecule has 0 radical (unpaired) electrons. The van der Waals surface area contributed by atoms with Crippen molar-refractivity contribution in [3.05, 3.63) is 59.1 Å². The summed E-state index contributed by atoms with van der Waals surface area (Å²) < 4.78 is 0. The molecule has 0 bridgehead atoms. The standard InChI is InChI=1S/C20H24ClN3O/c21-19-6-2-1-5-16(19)15-22-12-11-20(25)23-17-7-9-18(10-8-17)24-13-3-4-14-24/h1-2,5-10,22H,3-4,11-15H2,(H,23,25). The minimum absolute atomic E-state index is 0.0144. The summed E-state index contributed by atoms with van der Waals surface area (Å²) in [6.45, 7) is 3.53. The summed E-state index contributed by atoms with van der Waals surface area (Å²) >= 11 is 6.11. The summed E-state index contributed by atoms with van der Waals surface area (Å²) in [7, 11) is 0. The van der Waals surface area contributed by atoms with Gasteiger partial charge in [-0.15, -0.1) is 0 Å². The third-order valence-electron chi connectivity index (χ3n) is 4.42. The van der Waals surface area contributed by atoms with Crippen LogP contribution in [0.1, 0.15) is 24.8 Å². The number of carbonyl (C=O) groups is 1. The van der Waals surface area contributed by atoms with Crippen molar-refractivity contribution in [1.29, 1.82) is 0 Å². The molecule has 0 aliphatic carbocycles. The number of nitrogens with one attached hydrogen (secondary N) is 2. The van der Waals surface area contributed by atoms with Crippen LogP contribution in [0.3, 0.4) is 0 Å². The topological polar surface area (TPSA) is 44.4 Å². The predicted molar refractivity (Wildman–Crippen MR) is 104 cm³/mol. The minimum Gasteiger partial charge on any atom is -0.372 e. The number of hydrogen-bond acceptors (Lipinski definition) is 3. The Morgan fingerprint density at radius 2 is 1.76 bits per heavy atom. The van der Waals surface area contributed by atoms with Crippen molar-refractivity contribution in [2.24, 2.45) is 0 Å². The molecule has 1 amide bonds. The van der Waals surface area contributed by atoms with E-state index in [1.54, 1.807) is 0 Å². The maximum absolute atomic E-state index is 12.0. The van der Waals surface area contributed by atoms with Crippen LogP contribution < -0.4 is 15.5 Å². The highest BCUT2D eigenvalue weighted by Crippen LogP contribution is 2.22. The molecular weight excluding hydrogens is 334 g/mol. The first-order chi connectivity index (χ1) is 12.2. The lowest BCUT2D eigenvalue weighted by molar-refractivity contribution is -0.116. The Labute approximate surface area is 154 Å². The zero-order valence-corrected chi connectivity index (χ0v) is 15.1. The second-order valence-corrected chi connectivity index (χ2v) is 6.71. The Morgan fingerprint density at radius 3 is 2.48 bits per heavy atom. The van der Waals surface area contributed by atoms with Gasteiger partial charge in [-0.1, -0.05) is 29.8 Å². The molecule has 1 fully saturated rings. The zero-order chi connectivity index (χ0) is 17.5. The number of benzene rings is 2. The van der Waals surface area contributed by atoms with E-state index in [0.717, 1.165) is 29.4 Å². The number of amides is 1. The zero-order valence-electron chi connectivity index (χ0n) is 14.3. The van der Waals surface area contributed by atoms with E-state index in [4.69, 9.17) is 11.6 Å². The molecule has 5 heteroatoms. The minimum atomic E-state index is 0.0144. The van der Waals surface area contributed by atoms with Gasteiger partial charge < -0.3 is 15.5 Å². The lowest BCUT2D eigenvalue weighted by Gasteiger charge is -2.17. The van der Waals surface area contributed by atoms with Crippen LogP contribution >= 0.6 is 11.6 Å². The summed E-state index contributed by atoms with van der Waals surface area (Å²) in [5, 5.41) is 6.95. The van der Waals surface area contributed by atoms with E-state index in [2.05, 4.69) is 27.7 Å². The molecule has 25 heavy (non-hydrogen) atoms. The molecule has 132 valence electrons. The van der Waals surface area contributed by atoms with Gasteiger partial charge in [0.05, 0.1) is 0 Å². The molecule has 1 saturated heterocycles. The van der Waals surface area contributed by atoms with Crippen LogP contribution in [-0.4, -0.2) is 25.5 Å². The highest BCUT2D eigenvalue weighted by molar-refractivity contribution is 6.31. The van der Waals surface area contributed by atoms with Crippen molar-refractivity contribution in [1.82, 2.24) is 5.32 Å². The molecule has 0 spiro atoms. The number of anilines is 2. The van der Waals surface area contributed by atoms with Gasteiger partial charge in [0.25, 0.3) is 0 Å². The number of carbonyl (C=O) groups excluding carboxylic acids is 1. The largest absolute Gasteiger partial charge is 0.372 e. The van der Waals surface area contributed by atoms with Crippen molar-refractivity contribution in [2.45, 2.75) is 25.8 Å². The third kappa shape index (κ3) is 5.21. The highest BCUT2D eigenvalue weighted by atomic mass is 35.5. The van der Waals surface area contributed by atoms with Gasteiger partial charge in [0.2, 0.25) is 5.91 Å². The average Bonchev–Trinajstić information content (AvgIpc) is 3.15. The van der Waals surface area contributed by atoms with Crippen LogP contribution in [0.25, 0.3) is 0 Å². The van der Waals surface area contributed by atoms with E-state index in [1.807, 2.05) is 36.4 Å². The monoisotopic (exact) mass is 357 g/mol. The number of hydrogen-bond donors (Lipinski definition) is 2. The van der Waals surface area contributed by atoms with Gasteiger partial charge in [0, 0.05) is 49.0 Å². The van der Waals surface area contributed by atoms with Crippen LogP contribution in [0.15, 0.2) is 48.5 Å². The fourth-order valence-electron chi connectivity index (χ4n) is 3.02. The van der Waals surface area contributed by atoms with Crippen molar-refractivity contribution in [3.8, 4) is 0 Å². The normalized spacial score (nSPS) is 13.9. The summed E-state index contributed by atoms with van der Waals surface area (Å²) in [5.74, 6) is 0.0144. The maximum atomic E-state index is 12.0. The molecule has 1 aliphatic rings. The summed E-state index contributed by atoms with van der Waals surface area (Å²) in [4.78, 5) is 14.4. The van der Waals surface area contributed by atoms with Crippen molar-refractivity contribution in [3.63, 3.8) is 0 Å². The second kappa shape index (κ2) is 8.88. The quantitative estimate of drug-likeness (QED) is 0.734.